The van der Waals surface area contributed by atoms with Gasteiger partial charge in [0.05, 0.1) is 12.8 Å². The number of unbranched alkanes of at least 4 members (excludes halogenated alkanes) is 1. The van der Waals surface area contributed by atoms with Crippen molar-refractivity contribution in [2.45, 2.75) is 44.9 Å². The molecule has 0 spiro atoms. The number of Topliss-reactive ketones (excluding diaryl/α,β-unsaturated/α-hetero) is 1. The Balaban J connectivity index is 1.16. The van der Waals surface area contributed by atoms with E-state index in [1.807, 2.05) is 36.4 Å². The fraction of sp³-hybridized carbons (Fsp3) is 0.280. The topological polar surface area (TPSA) is 97.7 Å². The molecule has 1 amide bonds. The molecular weight excluding hydrogens is 537 g/mol. The molecule has 36 heavy (non-hydrogen) atoms. The molecule has 0 unspecified atom stereocenters. The lowest BCUT2D eigenvalue weighted by atomic mass is 10.1. The lowest BCUT2D eigenvalue weighted by Gasteiger charge is -2.03. The number of amides is 1. The van der Waals surface area contributed by atoms with Crippen molar-refractivity contribution in [2.75, 3.05) is 5.32 Å². The Labute approximate surface area is 226 Å². The van der Waals surface area contributed by atoms with Gasteiger partial charge in [0, 0.05) is 29.3 Å². The van der Waals surface area contributed by atoms with Crippen molar-refractivity contribution >= 4 is 62.7 Å². The maximum Gasteiger partial charge on any atom is 0.230 e. The third-order valence-corrected chi connectivity index (χ3v) is 7.87. The molecule has 0 saturated carbocycles. The van der Waals surface area contributed by atoms with E-state index in [0.29, 0.717) is 21.6 Å². The van der Waals surface area contributed by atoms with Crippen LogP contribution in [0.15, 0.2) is 48.5 Å². The minimum atomic E-state index is -0.178. The number of ketones is 1. The van der Waals surface area contributed by atoms with Gasteiger partial charge in [-0.1, -0.05) is 70.9 Å². The van der Waals surface area contributed by atoms with Gasteiger partial charge in [-0.15, -0.1) is 31.7 Å². The largest absolute Gasteiger partial charge is 0.300 e. The second kappa shape index (κ2) is 13.0. The minimum absolute atomic E-state index is 0.0665. The van der Waals surface area contributed by atoms with Crippen LogP contribution in [0.4, 0.5) is 5.13 Å². The van der Waals surface area contributed by atoms with Gasteiger partial charge >= 0.3 is 0 Å². The maximum atomic E-state index is 12.4. The molecule has 0 aliphatic heterocycles. The molecule has 4 aromatic rings. The van der Waals surface area contributed by atoms with Crippen LogP contribution in [0.25, 0.3) is 0 Å². The van der Waals surface area contributed by atoms with Crippen molar-refractivity contribution in [3.05, 3.63) is 84.7 Å². The minimum Gasteiger partial charge on any atom is -0.300 e. The molecule has 0 radical (unpaired) electrons. The molecule has 1 N–H and O–H groups in total. The molecule has 0 fully saturated rings. The lowest BCUT2D eigenvalue weighted by molar-refractivity contribution is -0.118. The monoisotopic (exact) mass is 559 g/mol. The molecule has 0 bridgehead atoms. The number of anilines is 1. The number of carbonyl (C=O) groups is 2. The molecule has 2 aromatic heterocycles. The van der Waals surface area contributed by atoms with Crippen LogP contribution in [0, 0.1) is 0 Å². The molecule has 0 saturated heterocycles. The SMILES string of the molecule is O=C(Cc1nnc(CCCCc2nnc(NC(=O)Cc3ccccc3Cl)s2)s1)Cc1ccccc1Cl. The molecule has 186 valence electrons. The van der Waals surface area contributed by atoms with Gasteiger partial charge < -0.3 is 5.32 Å². The summed E-state index contributed by atoms with van der Waals surface area (Å²) in [5, 5.41) is 23.6. The van der Waals surface area contributed by atoms with Crippen LogP contribution < -0.4 is 5.32 Å². The van der Waals surface area contributed by atoms with Gasteiger partial charge in [0.2, 0.25) is 11.0 Å². The predicted octanol–water partition coefficient (Wildman–Crippen LogP) is 5.80. The smallest absolute Gasteiger partial charge is 0.230 e. The number of rotatable bonds is 12. The highest BCUT2D eigenvalue weighted by Gasteiger charge is 2.13. The van der Waals surface area contributed by atoms with Crippen LogP contribution >= 0.6 is 45.9 Å². The van der Waals surface area contributed by atoms with E-state index in [-0.39, 0.29) is 24.5 Å². The lowest BCUT2D eigenvalue weighted by Crippen LogP contribution is -2.14. The van der Waals surface area contributed by atoms with Crippen LogP contribution in [0.1, 0.15) is 39.0 Å². The molecule has 0 aliphatic carbocycles. The summed E-state index contributed by atoms with van der Waals surface area (Å²) < 4.78 is 0. The first kappa shape index (κ1) is 26.3. The standard InChI is InChI=1S/C25H23Cl2N5O2S2/c26-19-9-3-1-7-16(19)13-18(33)15-24-31-29-22(35-24)11-5-6-12-23-30-32-25(36-23)28-21(34)14-17-8-2-4-10-20(17)27/h1-4,7-10H,5-6,11-15H2,(H,28,32,34). The van der Waals surface area contributed by atoms with Gasteiger partial charge in [0.15, 0.2) is 0 Å². The zero-order chi connectivity index (χ0) is 25.3. The van der Waals surface area contributed by atoms with E-state index >= 15 is 0 Å². The van der Waals surface area contributed by atoms with E-state index in [1.165, 1.54) is 22.7 Å². The molecule has 0 atom stereocenters. The molecule has 7 nitrogen and oxygen atoms in total. The second-order valence-electron chi connectivity index (χ2n) is 8.10. The number of aryl methyl sites for hydroxylation is 2. The first-order valence-corrected chi connectivity index (χ1v) is 13.8. The Bertz CT molecular complexity index is 1240. The van der Waals surface area contributed by atoms with Crippen molar-refractivity contribution in [1.29, 1.82) is 0 Å². The normalized spacial score (nSPS) is 10.9. The van der Waals surface area contributed by atoms with E-state index in [0.717, 1.165) is 51.8 Å². The summed E-state index contributed by atoms with van der Waals surface area (Å²) in [6.07, 6.45) is 4.11. The number of aromatic nitrogens is 4. The zero-order valence-corrected chi connectivity index (χ0v) is 22.4. The van der Waals surface area contributed by atoms with E-state index in [2.05, 4.69) is 25.7 Å². The summed E-state index contributed by atoms with van der Waals surface area (Å²) in [6, 6.07) is 14.6. The van der Waals surface area contributed by atoms with Crippen LogP contribution in [0.3, 0.4) is 0 Å². The summed E-state index contributed by atoms with van der Waals surface area (Å²) in [7, 11) is 0. The third kappa shape index (κ3) is 7.89. The van der Waals surface area contributed by atoms with Crippen LogP contribution in [0.2, 0.25) is 10.0 Å². The van der Waals surface area contributed by atoms with E-state index in [1.54, 1.807) is 12.1 Å². The molecule has 0 aliphatic rings. The van der Waals surface area contributed by atoms with Crippen molar-refractivity contribution < 1.29 is 9.59 Å². The number of hydrogen-bond donors (Lipinski definition) is 1. The summed E-state index contributed by atoms with van der Waals surface area (Å²) in [5.74, 6) is -0.111. The number of halogens is 2. The molecule has 4 rings (SSSR count). The van der Waals surface area contributed by atoms with Gasteiger partial charge in [0.25, 0.3) is 0 Å². The first-order chi connectivity index (χ1) is 17.5. The van der Waals surface area contributed by atoms with Crippen molar-refractivity contribution in [2.24, 2.45) is 0 Å². The van der Waals surface area contributed by atoms with E-state index in [9.17, 15) is 9.59 Å². The Morgan fingerprint density at radius 1 is 0.694 bits per heavy atom. The molecular formula is C25H23Cl2N5O2S2. The van der Waals surface area contributed by atoms with Crippen LogP contribution in [0.5, 0.6) is 0 Å². The molecule has 11 heteroatoms. The number of hydrogen-bond acceptors (Lipinski definition) is 8. The number of benzene rings is 2. The summed E-state index contributed by atoms with van der Waals surface area (Å²) >= 11 is 15.1. The number of nitrogens with zero attached hydrogens (tertiary/aromatic N) is 4. The molecule has 2 aromatic carbocycles. The van der Waals surface area contributed by atoms with Crippen LogP contribution in [-0.4, -0.2) is 32.1 Å². The summed E-state index contributed by atoms with van der Waals surface area (Å²) in [4.78, 5) is 24.6. The number of nitrogens with one attached hydrogen (secondary N) is 1. The van der Waals surface area contributed by atoms with Gasteiger partial charge in [-0.2, -0.15) is 0 Å². The average Bonchev–Trinajstić information content (AvgIpc) is 3.49. The quantitative estimate of drug-likeness (QED) is 0.220. The Kier molecular flexibility index (Phi) is 9.52. The van der Waals surface area contributed by atoms with Gasteiger partial charge in [-0.25, -0.2) is 0 Å². The highest BCUT2D eigenvalue weighted by Crippen LogP contribution is 2.21. The Hall–Kier alpha value is -2.72. The van der Waals surface area contributed by atoms with Gasteiger partial charge in [-0.3, -0.25) is 9.59 Å². The Morgan fingerprint density at radius 3 is 1.92 bits per heavy atom. The van der Waals surface area contributed by atoms with Gasteiger partial charge in [0.1, 0.15) is 20.8 Å². The van der Waals surface area contributed by atoms with Crippen molar-refractivity contribution in [1.82, 2.24) is 20.4 Å². The van der Waals surface area contributed by atoms with Crippen molar-refractivity contribution in [3.8, 4) is 0 Å². The molecule has 2 heterocycles. The zero-order valence-electron chi connectivity index (χ0n) is 19.2. The first-order valence-electron chi connectivity index (χ1n) is 11.4. The highest BCUT2D eigenvalue weighted by molar-refractivity contribution is 7.15. The third-order valence-electron chi connectivity index (χ3n) is 5.26. The predicted molar refractivity (Wildman–Crippen MR) is 144 cm³/mol. The van der Waals surface area contributed by atoms with Crippen molar-refractivity contribution in [3.63, 3.8) is 0 Å². The van der Waals surface area contributed by atoms with E-state index in [4.69, 9.17) is 23.2 Å². The highest BCUT2D eigenvalue weighted by atomic mass is 35.5. The van der Waals surface area contributed by atoms with Gasteiger partial charge in [-0.05, 0) is 36.1 Å². The maximum absolute atomic E-state index is 12.4. The van der Waals surface area contributed by atoms with E-state index < -0.39 is 0 Å². The van der Waals surface area contributed by atoms with Crippen LogP contribution in [-0.2, 0) is 41.7 Å². The summed E-state index contributed by atoms with van der Waals surface area (Å²) in [6.45, 7) is 0. The fourth-order valence-electron chi connectivity index (χ4n) is 3.48. The summed E-state index contributed by atoms with van der Waals surface area (Å²) in [5.41, 5.74) is 1.60. The average molecular weight is 561 g/mol. The second-order valence-corrected chi connectivity index (χ2v) is 11.1. The fourth-order valence-corrected chi connectivity index (χ4v) is 5.60. The Morgan fingerprint density at radius 2 is 1.25 bits per heavy atom. The number of carbonyl (C=O) groups excluding carboxylic acids is 2.